The molecule has 3 rings (SSSR count). The maximum Gasteiger partial charge on any atom is 0.264 e. The number of pyridine rings is 1. The van der Waals surface area contributed by atoms with Gasteiger partial charge in [0.2, 0.25) is 5.91 Å². The zero-order valence-electron chi connectivity index (χ0n) is 14.5. The van der Waals surface area contributed by atoms with Crippen molar-refractivity contribution < 1.29 is 14.7 Å². The van der Waals surface area contributed by atoms with Crippen LogP contribution >= 0.6 is 0 Å². The number of hydrogen-bond acceptors (Lipinski definition) is 4. The van der Waals surface area contributed by atoms with Crippen molar-refractivity contribution in [3.05, 3.63) is 69.6 Å². The highest BCUT2D eigenvalue weighted by molar-refractivity contribution is 5.98. The molecule has 1 saturated carbocycles. The molecule has 0 saturated heterocycles. The van der Waals surface area contributed by atoms with Gasteiger partial charge in [0.1, 0.15) is 5.56 Å². The predicted octanol–water partition coefficient (Wildman–Crippen LogP) is 0.763. The fraction of sp³-hybridized carbons (Fsp3) is 0.316. The standard InChI is InChI=1S/C19H21N3O4/c1-21(14-7-8-14)18(25)15-9-13(17(20)24)10-22(19(15)26)16(11-23)12-5-3-2-4-6-12/h2-6,9-10,14,16,23H,7-8,11H2,1H3,(H2,20,24). The molecule has 2 amide bonds. The summed E-state index contributed by atoms with van der Waals surface area (Å²) in [6.45, 7) is -0.363. The molecular formula is C19H21N3O4. The molecule has 1 fully saturated rings. The minimum Gasteiger partial charge on any atom is -0.394 e. The van der Waals surface area contributed by atoms with Gasteiger partial charge in [-0.15, -0.1) is 0 Å². The molecule has 7 nitrogen and oxygen atoms in total. The van der Waals surface area contributed by atoms with E-state index in [9.17, 15) is 19.5 Å². The molecule has 0 aliphatic heterocycles. The second-order valence-corrected chi connectivity index (χ2v) is 6.48. The highest BCUT2D eigenvalue weighted by Gasteiger charge is 2.32. The van der Waals surface area contributed by atoms with Crippen LogP contribution in [0.2, 0.25) is 0 Å². The van der Waals surface area contributed by atoms with Crippen molar-refractivity contribution in [2.45, 2.75) is 24.9 Å². The van der Waals surface area contributed by atoms with Crippen molar-refractivity contribution in [2.24, 2.45) is 5.73 Å². The van der Waals surface area contributed by atoms with Crippen LogP contribution < -0.4 is 11.3 Å². The number of aliphatic hydroxyl groups is 1. The Morgan fingerprint density at radius 1 is 1.31 bits per heavy atom. The van der Waals surface area contributed by atoms with Crippen LogP contribution in [-0.4, -0.2) is 46.1 Å². The molecule has 1 aromatic heterocycles. The predicted molar refractivity (Wildman–Crippen MR) is 96.0 cm³/mol. The first kappa shape index (κ1) is 17.9. The van der Waals surface area contributed by atoms with E-state index >= 15 is 0 Å². The molecule has 0 spiro atoms. The molecule has 26 heavy (non-hydrogen) atoms. The van der Waals surface area contributed by atoms with Gasteiger partial charge < -0.3 is 20.3 Å². The summed E-state index contributed by atoms with van der Waals surface area (Å²) in [5, 5.41) is 9.85. The van der Waals surface area contributed by atoms with Crippen molar-refractivity contribution in [2.75, 3.05) is 13.7 Å². The van der Waals surface area contributed by atoms with E-state index in [-0.39, 0.29) is 23.8 Å². The quantitative estimate of drug-likeness (QED) is 0.798. The monoisotopic (exact) mass is 355 g/mol. The first-order valence-electron chi connectivity index (χ1n) is 8.43. The normalized spacial score (nSPS) is 14.7. The fourth-order valence-corrected chi connectivity index (χ4v) is 2.97. The van der Waals surface area contributed by atoms with Crippen LogP contribution in [-0.2, 0) is 0 Å². The topological polar surface area (TPSA) is 106 Å². The smallest absolute Gasteiger partial charge is 0.264 e. The van der Waals surface area contributed by atoms with Crippen LogP contribution in [0.4, 0.5) is 0 Å². The summed E-state index contributed by atoms with van der Waals surface area (Å²) in [5.74, 6) is -1.19. The lowest BCUT2D eigenvalue weighted by Gasteiger charge is -2.21. The van der Waals surface area contributed by atoms with Crippen LogP contribution in [0.1, 0.15) is 45.2 Å². The lowest BCUT2D eigenvalue weighted by molar-refractivity contribution is 0.0782. The highest BCUT2D eigenvalue weighted by Crippen LogP contribution is 2.26. The van der Waals surface area contributed by atoms with E-state index in [1.165, 1.54) is 21.7 Å². The Bertz CT molecular complexity index is 887. The summed E-state index contributed by atoms with van der Waals surface area (Å²) in [6, 6.07) is 9.56. The second kappa shape index (κ2) is 7.13. The van der Waals surface area contributed by atoms with Gasteiger partial charge in [0.15, 0.2) is 0 Å². The van der Waals surface area contributed by atoms with E-state index in [0.717, 1.165) is 12.8 Å². The molecule has 1 aliphatic rings. The van der Waals surface area contributed by atoms with Gasteiger partial charge in [-0.05, 0) is 24.5 Å². The molecule has 1 aliphatic carbocycles. The molecule has 0 radical (unpaired) electrons. The number of primary amides is 1. The average Bonchev–Trinajstić information content (AvgIpc) is 3.48. The van der Waals surface area contributed by atoms with E-state index in [4.69, 9.17) is 5.73 Å². The number of hydrogen-bond donors (Lipinski definition) is 2. The van der Waals surface area contributed by atoms with E-state index in [1.54, 1.807) is 31.3 Å². The number of carbonyl (C=O) groups is 2. The summed E-state index contributed by atoms with van der Waals surface area (Å²) >= 11 is 0. The van der Waals surface area contributed by atoms with Crippen LogP contribution in [0, 0.1) is 0 Å². The first-order chi connectivity index (χ1) is 12.4. The van der Waals surface area contributed by atoms with Crippen molar-refractivity contribution >= 4 is 11.8 Å². The summed E-state index contributed by atoms with van der Waals surface area (Å²) in [5.41, 5.74) is 5.44. The van der Waals surface area contributed by atoms with Crippen LogP contribution in [0.25, 0.3) is 0 Å². The number of carbonyl (C=O) groups excluding carboxylic acids is 2. The molecule has 1 heterocycles. The molecule has 1 unspecified atom stereocenters. The van der Waals surface area contributed by atoms with Gasteiger partial charge in [-0.2, -0.15) is 0 Å². The lowest BCUT2D eigenvalue weighted by atomic mass is 10.1. The molecule has 136 valence electrons. The SMILES string of the molecule is CN(C(=O)c1cc(C(N)=O)cn(C(CO)c2ccccc2)c1=O)C1CC1. The number of rotatable bonds is 6. The highest BCUT2D eigenvalue weighted by atomic mass is 16.3. The third-order valence-corrected chi connectivity index (χ3v) is 4.67. The molecule has 0 bridgehead atoms. The number of nitrogens with zero attached hydrogens (tertiary/aromatic N) is 2. The largest absolute Gasteiger partial charge is 0.394 e. The Balaban J connectivity index is 2.13. The van der Waals surface area contributed by atoms with E-state index in [0.29, 0.717) is 5.56 Å². The van der Waals surface area contributed by atoms with Crippen LogP contribution in [0.15, 0.2) is 47.4 Å². The number of nitrogens with two attached hydrogens (primary N) is 1. The van der Waals surface area contributed by atoms with Crippen LogP contribution in [0.3, 0.4) is 0 Å². The lowest BCUT2D eigenvalue weighted by Crippen LogP contribution is -2.38. The Kier molecular flexibility index (Phi) is 4.90. The van der Waals surface area contributed by atoms with Gasteiger partial charge in [0, 0.05) is 19.3 Å². The Hall–Kier alpha value is -2.93. The molecule has 2 aromatic rings. The molecular weight excluding hydrogens is 334 g/mol. The van der Waals surface area contributed by atoms with Gasteiger partial charge in [0.05, 0.1) is 18.2 Å². The average molecular weight is 355 g/mol. The van der Waals surface area contributed by atoms with E-state index in [1.807, 2.05) is 6.07 Å². The number of aromatic nitrogens is 1. The van der Waals surface area contributed by atoms with Gasteiger partial charge in [-0.1, -0.05) is 30.3 Å². The summed E-state index contributed by atoms with van der Waals surface area (Å²) < 4.78 is 1.21. The van der Waals surface area contributed by atoms with Crippen molar-refractivity contribution in [3.63, 3.8) is 0 Å². The minimum absolute atomic E-state index is 0.0477. The molecule has 1 aromatic carbocycles. The summed E-state index contributed by atoms with van der Waals surface area (Å²) in [7, 11) is 1.64. The van der Waals surface area contributed by atoms with Gasteiger partial charge in [-0.25, -0.2) is 0 Å². The third-order valence-electron chi connectivity index (χ3n) is 4.67. The number of amides is 2. The number of benzene rings is 1. The third kappa shape index (κ3) is 3.39. The van der Waals surface area contributed by atoms with E-state index < -0.39 is 23.4 Å². The second-order valence-electron chi connectivity index (χ2n) is 6.48. The Morgan fingerprint density at radius 2 is 1.96 bits per heavy atom. The summed E-state index contributed by atoms with van der Waals surface area (Å²) in [6.07, 6.45) is 3.09. The summed E-state index contributed by atoms with van der Waals surface area (Å²) in [4.78, 5) is 38.9. The maximum absolute atomic E-state index is 13.0. The zero-order chi connectivity index (χ0) is 18.8. The minimum atomic E-state index is -0.744. The molecule has 3 N–H and O–H groups in total. The van der Waals surface area contributed by atoms with E-state index in [2.05, 4.69) is 0 Å². The first-order valence-corrected chi connectivity index (χ1v) is 8.43. The van der Waals surface area contributed by atoms with Gasteiger partial charge in [-0.3, -0.25) is 14.4 Å². The number of aliphatic hydroxyl groups excluding tert-OH is 1. The Morgan fingerprint density at radius 3 is 2.50 bits per heavy atom. The van der Waals surface area contributed by atoms with Gasteiger partial charge in [0.25, 0.3) is 11.5 Å². The molecule has 1 atom stereocenters. The van der Waals surface area contributed by atoms with Crippen LogP contribution in [0.5, 0.6) is 0 Å². The molecule has 7 heteroatoms. The van der Waals surface area contributed by atoms with Crippen molar-refractivity contribution in [1.29, 1.82) is 0 Å². The Labute approximate surface area is 150 Å². The van der Waals surface area contributed by atoms with Gasteiger partial charge >= 0.3 is 0 Å². The zero-order valence-corrected chi connectivity index (χ0v) is 14.5. The van der Waals surface area contributed by atoms with Crippen molar-refractivity contribution in [3.8, 4) is 0 Å². The fourth-order valence-electron chi connectivity index (χ4n) is 2.97. The van der Waals surface area contributed by atoms with Crippen molar-refractivity contribution in [1.82, 2.24) is 9.47 Å². The maximum atomic E-state index is 13.0.